The molecule has 1 aromatic rings. The Balaban J connectivity index is 2.73. The summed E-state index contributed by atoms with van der Waals surface area (Å²) in [5, 5.41) is 3.01. The van der Waals surface area contributed by atoms with Gasteiger partial charge in [0.2, 0.25) is 11.9 Å². The largest absolute Gasteiger partial charge is 0.368 e. The number of rotatable bonds is 6. The summed E-state index contributed by atoms with van der Waals surface area (Å²) in [6.45, 7) is 3.44. The van der Waals surface area contributed by atoms with Crippen molar-refractivity contribution in [2.75, 3.05) is 25.0 Å². The molecule has 0 aromatic carbocycles. The standard InChI is InChI=1S/C10H17N5O/c1-3-15(7-9(11)16)10-13-5-8(4-12-2)6-14-10/h5-6,12H,3-4,7H2,1-2H3,(H2,11,16). The van der Waals surface area contributed by atoms with Crippen LogP contribution in [-0.2, 0) is 11.3 Å². The number of carbonyl (C=O) groups is 1. The number of nitrogens with two attached hydrogens (primary N) is 1. The first-order valence-corrected chi connectivity index (χ1v) is 5.16. The first kappa shape index (κ1) is 12.4. The Labute approximate surface area is 94.9 Å². The molecule has 1 aromatic heterocycles. The molecular formula is C10H17N5O. The van der Waals surface area contributed by atoms with Crippen molar-refractivity contribution in [1.82, 2.24) is 15.3 Å². The van der Waals surface area contributed by atoms with Gasteiger partial charge in [-0.1, -0.05) is 0 Å². The number of nitrogens with one attached hydrogen (secondary N) is 1. The summed E-state index contributed by atoms with van der Waals surface area (Å²) in [7, 11) is 1.86. The number of hydrogen-bond acceptors (Lipinski definition) is 5. The molecule has 1 amide bonds. The summed E-state index contributed by atoms with van der Waals surface area (Å²) in [4.78, 5) is 20.9. The minimum atomic E-state index is -0.384. The van der Waals surface area contributed by atoms with E-state index in [2.05, 4.69) is 15.3 Å². The van der Waals surface area contributed by atoms with Crippen LogP contribution in [0, 0.1) is 0 Å². The third kappa shape index (κ3) is 3.47. The fraction of sp³-hybridized carbons (Fsp3) is 0.500. The molecule has 6 heteroatoms. The van der Waals surface area contributed by atoms with Crippen LogP contribution in [0.25, 0.3) is 0 Å². The fourth-order valence-corrected chi connectivity index (χ4v) is 1.32. The van der Waals surface area contributed by atoms with Gasteiger partial charge in [0.05, 0.1) is 6.54 Å². The highest BCUT2D eigenvalue weighted by molar-refractivity contribution is 5.78. The first-order chi connectivity index (χ1) is 7.67. The van der Waals surface area contributed by atoms with Gasteiger partial charge in [0.15, 0.2) is 0 Å². The van der Waals surface area contributed by atoms with Gasteiger partial charge in [-0.3, -0.25) is 4.79 Å². The maximum Gasteiger partial charge on any atom is 0.237 e. The summed E-state index contributed by atoms with van der Waals surface area (Å²) in [5.41, 5.74) is 6.14. The van der Waals surface area contributed by atoms with Crippen LogP contribution in [-0.4, -0.2) is 36.0 Å². The molecule has 0 aliphatic rings. The number of carbonyl (C=O) groups excluding carboxylic acids is 1. The van der Waals surface area contributed by atoms with Crippen molar-refractivity contribution in [3.05, 3.63) is 18.0 Å². The lowest BCUT2D eigenvalue weighted by atomic mass is 10.3. The van der Waals surface area contributed by atoms with Crippen molar-refractivity contribution in [3.8, 4) is 0 Å². The molecule has 0 atom stereocenters. The van der Waals surface area contributed by atoms with Crippen LogP contribution in [0.2, 0.25) is 0 Å². The van der Waals surface area contributed by atoms with Gasteiger partial charge in [0, 0.05) is 31.0 Å². The van der Waals surface area contributed by atoms with E-state index in [0.29, 0.717) is 12.5 Å². The molecule has 0 saturated heterocycles. The Kier molecular flexibility index (Phi) is 4.65. The molecule has 0 aliphatic heterocycles. The summed E-state index contributed by atoms with van der Waals surface area (Å²) in [6, 6.07) is 0. The number of likely N-dealkylation sites (N-methyl/N-ethyl adjacent to an activating group) is 1. The Hall–Kier alpha value is -1.69. The maximum atomic E-state index is 10.8. The van der Waals surface area contributed by atoms with E-state index < -0.39 is 0 Å². The SMILES string of the molecule is CCN(CC(N)=O)c1ncc(CNC)cn1. The molecule has 88 valence electrons. The molecule has 0 unspecified atom stereocenters. The van der Waals surface area contributed by atoms with E-state index in [9.17, 15) is 4.79 Å². The normalized spacial score (nSPS) is 10.1. The Bertz CT molecular complexity index is 338. The van der Waals surface area contributed by atoms with Gasteiger partial charge in [0.25, 0.3) is 0 Å². The molecule has 0 fully saturated rings. The average Bonchev–Trinajstić information content (AvgIpc) is 2.27. The molecule has 0 radical (unpaired) electrons. The van der Waals surface area contributed by atoms with Crippen molar-refractivity contribution in [2.45, 2.75) is 13.5 Å². The number of anilines is 1. The van der Waals surface area contributed by atoms with Crippen LogP contribution in [0.4, 0.5) is 5.95 Å². The molecule has 0 saturated carbocycles. The van der Waals surface area contributed by atoms with E-state index in [1.54, 1.807) is 17.3 Å². The van der Waals surface area contributed by atoms with E-state index in [0.717, 1.165) is 12.1 Å². The monoisotopic (exact) mass is 223 g/mol. The lowest BCUT2D eigenvalue weighted by Gasteiger charge is -2.18. The van der Waals surface area contributed by atoms with E-state index >= 15 is 0 Å². The van der Waals surface area contributed by atoms with Gasteiger partial charge >= 0.3 is 0 Å². The lowest BCUT2D eigenvalue weighted by Crippen LogP contribution is -2.34. The highest BCUT2D eigenvalue weighted by Crippen LogP contribution is 2.06. The van der Waals surface area contributed by atoms with Crippen molar-refractivity contribution in [2.24, 2.45) is 5.73 Å². The molecule has 16 heavy (non-hydrogen) atoms. The quantitative estimate of drug-likeness (QED) is 0.679. The zero-order chi connectivity index (χ0) is 12.0. The number of hydrogen-bond donors (Lipinski definition) is 2. The van der Waals surface area contributed by atoms with Crippen LogP contribution >= 0.6 is 0 Å². The summed E-state index contributed by atoms with van der Waals surface area (Å²) in [5.74, 6) is 0.144. The van der Waals surface area contributed by atoms with Gasteiger partial charge in [-0.05, 0) is 14.0 Å². The van der Waals surface area contributed by atoms with E-state index in [1.807, 2.05) is 14.0 Å². The van der Waals surface area contributed by atoms with Crippen LogP contribution in [0.15, 0.2) is 12.4 Å². The number of amides is 1. The summed E-state index contributed by atoms with van der Waals surface area (Å²) >= 11 is 0. The molecule has 1 rings (SSSR count). The highest BCUT2D eigenvalue weighted by Gasteiger charge is 2.09. The zero-order valence-corrected chi connectivity index (χ0v) is 9.60. The van der Waals surface area contributed by atoms with Crippen molar-refractivity contribution in [3.63, 3.8) is 0 Å². The third-order valence-electron chi connectivity index (χ3n) is 2.08. The van der Waals surface area contributed by atoms with Gasteiger partial charge < -0.3 is 16.0 Å². The number of nitrogens with zero attached hydrogens (tertiary/aromatic N) is 3. The molecule has 1 heterocycles. The van der Waals surface area contributed by atoms with Crippen LogP contribution in [0.5, 0.6) is 0 Å². The van der Waals surface area contributed by atoms with Gasteiger partial charge in [-0.2, -0.15) is 0 Å². The molecule has 0 spiro atoms. The van der Waals surface area contributed by atoms with Crippen LogP contribution in [0.1, 0.15) is 12.5 Å². The van der Waals surface area contributed by atoms with Crippen LogP contribution in [0.3, 0.4) is 0 Å². The van der Waals surface area contributed by atoms with Gasteiger partial charge in [-0.25, -0.2) is 9.97 Å². The third-order valence-corrected chi connectivity index (χ3v) is 2.08. The van der Waals surface area contributed by atoms with Crippen molar-refractivity contribution < 1.29 is 4.79 Å². The van der Waals surface area contributed by atoms with Gasteiger partial charge in [0.1, 0.15) is 0 Å². The lowest BCUT2D eigenvalue weighted by molar-refractivity contribution is -0.116. The molecule has 0 bridgehead atoms. The predicted octanol–water partition coefficient (Wildman–Crippen LogP) is -0.492. The number of primary amides is 1. The summed E-state index contributed by atoms with van der Waals surface area (Å²) in [6.07, 6.45) is 3.48. The topological polar surface area (TPSA) is 84.1 Å². The molecule has 6 nitrogen and oxygen atoms in total. The van der Waals surface area contributed by atoms with E-state index in [-0.39, 0.29) is 12.5 Å². The van der Waals surface area contributed by atoms with E-state index in [1.165, 1.54) is 0 Å². The highest BCUT2D eigenvalue weighted by atomic mass is 16.1. The smallest absolute Gasteiger partial charge is 0.237 e. The second kappa shape index (κ2) is 6.02. The Morgan fingerprint density at radius 2 is 2.12 bits per heavy atom. The van der Waals surface area contributed by atoms with E-state index in [4.69, 9.17) is 5.73 Å². The average molecular weight is 223 g/mol. The number of aromatic nitrogens is 2. The second-order valence-corrected chi connectivity index (χ2v) is 3.40. The Morgan fingerprint density at radius 1 is 1.50 bits per heavy atom. The van der Waals surface area contributed by atoms with Crippen molar-refractivity contribution >= 4 is 11.9 Å². The molecule has 3 N–H and O–H groups in total. The first-order valence-electron chi connectivity index (χ1n) is 5.16. The maximum absolute atomic E-state index is 10.8. The minimum Gasteiger partial charge on any atom is -0.368 e. The van der Waals surface area contributed by atoms with Crippen molar-refractivity contribution in [1.29, 1.82) is 0 Å². The summed E-state index contributed by atoms with van der Waals surface area (Å²) < 4.78 is 0. The Morgan fingerprint density at radius 3 is 2.56 bits per heavy atom. The second-order valence-electron chi connectivity index (χ2n) is 3.40. The predicted molar refractivity (Wildman–Crippen MR) is 61.9 cm³/mol. The molecular weight excluding hydrogens is 206 g/mol. The fourth-order valence-electron chi connectivity index (χ4n) is 1.32. The van der Waals surface area contributed by atoms with Gasteiger partial charge in [-0.15, -0.1) is 0 Å². The minimum absolute atomic E-state index is 0.141. The molecule has 0 aliphatic carbocycles. The van der Waals surface area contributed by atoms with Crippen LogP contribution < -0.4 is 16.0 Å². The zero-order valence-electron chi connectivity index (χ0n) is 9.60.